The maximum absolute atomic E-state index is 11.2. The molecule has 1 rings (SSSR count). The number of halogens is 3. The van der Waals surface area contributed by atoms with Gasteiger partial charge in [0.15, 0.2) is 0 Å². The number of hydrogen-bond donors (Lipinski definition) is 0. The van der Waals surface area contributed by atoms with Crippen LogP contribution in [-0.4, -0.2) is 13.1 Å². The van der Waals surface area contributed by atoms with Gasteiger partial charge in [-0.25, -0.2) is 4.79 Å². The van der Waals surface area contributed by atoms with E-state index in [2.05, 4.69) is 36.6 Å². The van der Waals surface area contributed by atoms with Crippen LogP contribution >= 0.6 is 43.5 Å². The number of hydrogen-bond acceptors (Lipinski definition) is 2. The average molecular weight is 328 g/mol. The van der Waals surface area contributed by atoms with Crippen LogP contribution in [0.2, 0.25) is 5.02 Å². The van der Waals surface area contributed by atoms with E-state index in [9.17, 15) is 4.79 Å². The molecule has 1 aromatic carbocycles. The summed E-state index contributed by atoms with van der Waals surface area (Å²) in [5.41, 5.74) is 0.332. The summed E-state index contributed by atoms with van der Waals surface area (Å²) in [4.78, 5) is 11.2. The van der Waals surface area contributed by atoms with Crippen molar-refractivity contribution in [3.63, 3.8) is 0 Å². The van der Waals surface area contributed by atoms with Gasteiger partial charge in [-0.3, -0.25) is 0 Å². The smallest absolute Gasteiger partial charge is 0.340 e. The van der Waals surface area contributed by atoms with Crippen LogP contribution in [0, 0.1) is 0 Å². The van der Waals surface area contributed by atoms with E-state index in [0.717, 1.165) is 4.47 Å². The fourth-order valence-electron chi connectivity index (χ4n) is 0.816. The molecule has 0 bridgehead atoms. The van der Waals surface area contributed by atoms with Gasteiger partial charge < -0.3 is 4.74 Å². The van der Waals surface area contributed by atoms with E-state index in [4.69, 9.17) is 11.6 Å². The Labute approximate surface area is 97.5 Å². The molecule has 0 unspecified atom stereocenters. The van der Waals surface area contributed by atoms with E-state index in [0.29, 0.717) is 15.1 Å². The summed E-state index contributed by atoms with van der Waals surface area (Å²) in [7, 11) is 1.31. The summed E-state index contributed by atoms with van der Waals surface area (Å²) in [5, 5.41) is 0.363. The highest BCUT2D eigenvalue weighted by molar-refractivity contribution is 9.13. The second-order valence-corrected chi connectivity index (χ2v) is 4.26. The van der Waals surface area contributed by atoms with Gasteiger partial charge in [0.2, 0.25) is 0 Å². The number of ether oxygens (including phenoxy) is 1. The van der Waals surface area contributed by atoms with Crippen molar-refractivity contribution in [3.8, 4) is 0 Å². The molecule has 5 heteroatoms. The Morgan fingerprint density at radius 3 is 2.62 bits per heavy atom. The zero-order valence-corrected chi connectivity index (χ0v) is 10.5. The van der Waals surface area contributed by atoms with Crippen LogP contribution in [-0.2, 0) is 4.74 Å². The van der Waals surface area contributed by atoms with Gasteiger partial charge in [0.25, 0.3) is 0 Å². The van der Waals surface area contributed by atoms with Gasteiger partial charge in [-0.2, -0.15) is 0 Å². The van der Waals surface area contributed by atoms with Crippen molar-refractivity contribution in [1.29, 1.82) is 0 Å². The van der Waals surface area contributed by atoms with Crippen LogP contribution in [0.4, 0.5) is 0 Å². The van der Waals surface area contributed by atoms with Gasteiger partial charge in [-0.1, -0.05) is 11.6 Å². The van der Waals surface area contributed by atoms with E-state index in [1.165, 1.54) is 7.11 Å². The van der Waals surface area contributed by atoms with E-state index in [-0.39, 0.29) is 0 Å². The first kappa shape index (κ1) is 11.0. The van der Waals surface area contributed by atoms with E-state index in [1.807, 2.05) is 0 Å². The highest BCUT2D eigenvalue weighted by Crippen LogP contribution is 2.32. The minimum absolute atomic E-state index is 0.332. The molecule has 0 aliphatic heterocycles. The summed E-state index contributed by atoms with van der Waals surface area (Å²) >= 11 is 12.3. The molecule has 0 N–H and O–H groups in total. The van der Waals surface area contributed by atoms with Crippen LogP contribution in [0.5, 0.6) is 0 Å². The first-order valence-electron chi connectivity index (χ1n) is 3.29. The largest absolute Gasteiger partial charge is 0.465 e. The molecule has 2 nitrogen and oxygen atoms in total. The molecule has 0 aliphatic rings. The van der Waals surface area contributed by atoms with E-state index >= 15 is 0 Å². The zero-order valence-electron chi connectivity index (χ0n) is 6.61. The lowest BCUT2D eigenvalue weighted by atomic mass is 10.2. The Bertz CT molecular complexity index is 352. The normalized spacial score (nSPS) is 9.85. The predicted molar refractivity (Wildman–Crippen MR) is 58.2 cm³/mol. The predicted octanol–water partition coefficient (Wildman–Crippen LogP) is 3.65. The van der Waals surface area contributed by atoms with Crippen molar-refractivity contribution in [2.45, 2.75) is 0 Å². The molecule has 0 saturated carbocycles. The summed E-state index contributed by atoms with van der Waals surface area (Å²) in [6.45, 7) is 0. The Balaban J connectivity index is 3.33. The maximum Gasteiger partial charge on any atom is 0.340 e. The molecular formula is C8H5Br2ClO2. The van der Waals surface area contributed by atoms with Crippen molar-refractivity contribution >= 4 is 49.4 Å². The van der Waals surface area contributed by atoms with Gasteiger partial charge in [0.1, 0.15) is 0 Å². The number of carbonyl (C=O) groups excluding carboxylic acids is 1. The van der Waals surface area contributed by atoms with Crippen LogP contribution in [0.25, 0.3) is 0 Å². The van der Waals surface area contributed by atoms with E-state index in [1.54, 1.807) is 12.1 Å². The third-order valence-electron chi connectivity index (χ3n) is 1.43. The number of carbonyl (C=O) groups is 1. The highest BCUT2D eigenvalue weighted by atomic mass is 79.9. The molecule has 0 atom stereocenters. The van der Waals surface area contributed by atoms with Crippen molar-refractivity contribution in [3.05, 3.63) is 31.7 Å². The first-order chi connectivity index (χ1) is 6.07. The van der Waals surface area contributed by atoms with E-state index < -0.39 is 5.97 Å². The second kappa shape index (κ2) is 4.44. The van der Waals surface area contributed by atoms with Crippen LogP contribution in [0.1, 0.15) is 10.4 Å². The molecule has 0 spiro atoms. The summed E-state index contributed by atoms with van der Waals surface area (Å²) in [6, 6.07) is 3.38. The summed E-state index contributed by atoms with van der Waals surface area (Å²) in [6.07, 6.45) is 0. The topological polar surface area (TPSA) is 26.3 Å². The monoisotopic (exact) mass is 326 g/mol. The van der Waals surface area contributed by atoms with Gasteiger partial charge in [0, 0.05) is 8.95 Å². The van der Waals surface area contributed by atoms with Crippen molar-refractivity contribution in [2.24, 2.45) is 0 Å². The molecule has 0 radical (unpaired) electrons. The molecule has 1 aromatic rings. The molecule has 0 heterocycles. The lowest BCUT2D eigenvalue weighted by Crippen LogP contribution is -2.03. The minimum atomic E-state index is -0.460. The van der Waals surface area contributed by atoms with Gasteiger partial charge in [-0.05, 0) is 44.0 Å². The van der Waals surface area contributed by atoms with Gasteiger partial charge >= 0.3 is 5.97 Å². The summed E-state index contributed by atoms with van der Waals surface area (Å²) < 4.78 is 5.94. The SMILES string of the molecule is COC(=O)c1c(Cl)ccc(Br)c1Br. The molecule has 70 valence electrons. The van der Waals surface area contributed by atoms with Crippen molar-refractivity contribution in [2.75, 3.05) is 7.11 Å². The van der Waals surface area contributed by atoms with Gasteiger partial charge in [0.05, 0.1) is 17.7 Å². The van der Waals surface area contributed by atoms with Crippen molar-refractivity contribution < 1.29 is 9.53 Å². The Morgan fingerprint density at radius 1 is 1.46 bits per heavy atom. The third kappa shape index (κ3) is 2.24. The summed E-state index contributed by atoms with van der Waals surface area (Å²) in [5.74, 6) is -0.460. The first-order valence-corrected chi connectivity index (χ1v) is 5.26. The number of benzene rings is 1. The standard InChI is InChI=1S/C8H5Br2ClO2/c1-13-8(12)6-5(11)3-2-4(9)7(6)10/h2-3H,1H3. The average Bonchev–Trinajstić information content (AvgIpc) is 2.12. The number of rotatable bonds is 1. The minimum Gasteiger partial charge on any atom is -0.465 e. The fraction of sp³-hybridized carbons (Fsp3) is 0.125. The quantitative estimate of drug-likeness (QED) is 0.581. The molecule has 0 amide bonds. The Morgan fingerprint density at radius 2 is 2.08 bits per heavy atom. The highest BCUT2D eigenvalue weighted by Gasteiger charge is 2.16. The molecule has 0 aliphatic carbocycles. The number of methoxy groups -OCH3 is 1. The molecule has 0 saturated heterocycles. The fourth-order valence-corrected chi connectivity index (χ4v) is 2.00. The van der Waals surface area contributed by atoms with Crippen LogP contribution in [0.3, 0.4) is 0 Å². The van der Waals surface area contributed by atoms with Crippen molar-refractivity contribution in [1.82, 2.24) is 0 Å². The third-order valence-corrected chi connectivity index (χ3v) is 3.77. The molecule has 0 aromatic heterocycles. The Hall–Kier alpha value is -0.0600. The number of esters is 1. The lowest BCUT2D eigenvalue weighted by Gasteiger charge is -2.05. The Kier molecular flexibility index (Phi) is 3.76. The maximum atomic E-state index is 11.2. The molecular weight excluding hydrogens is 323 g/mol. The second-order valence-electron chi connectivity index (χ2n) is 2.21. The molecule has 13 heavy (non-hydrogen) atoms. The van der Waals surface area contributed by atoms with Crippen LogP contribution < -0.4 is 0 Å². The van der Waals surface area contributed by atoms with Gasteiger partial charge in [-0.15, -0.1) is 0 Å². The lowest BCUT2D eigenvalue weighted by molar-refractivity contribution is 0.0600. The molecule has 0 fully saturated rings. The van der Waals surface area contributed by atoms with Crippen LogP contribution in [0.15, 0.2) is 21.1 Å². The zero-order chi connectivity index (χ0) is 10.0.